The Labute approximate surface area is 146 Å². The van der Waals surface area contributed by atoms with Crippen LogP contribution in [-0.2, 0) is 6.42 Å². The van der Waals surface area contributed by atoms with Gasteiger partial charge in [-0.05, 0) is 43.6 Å². The summed E-state index contributed by atoms with van der Waals surface area (Å²) in [6, 6.07) is 11.5. The van der Waals surface area contributed by atoms with Gasteiger partial charge in [0.15, 0.2) is 0 Å². The number of likely N-dealkylation sites (tertiary alicyclic amines) is 1. The second kappa shape index (κ2) is 7.52. The highest BCUT2D eigenvalue weighted by Crippen LogP contribution is 2.30. The minimum Gasteiger partial charge on any atom is -0.303 e. The van der Waals surface area contributed by atoms with Gasteiger partial charge in [-0.3, -0.25) is 5.01 Å². The second-order valence-electron chi connectivity index (χ2n) is 7.56. The van der Waals surface area contributed by atoms with E-state index in [1.165, 1.54) is 63.8 Å². The van der Waals surface area contributed by atoms with Crippen molar-refractivity contribution in [3.05, 3.63) is 48.0 Å². The van der Waals surface area contributed by atoms with Crippen LogP contribution in [0.1, 0.15) is 31.2 Å². The van der Waals surface area contributed by atoms with Gasteiger partial charge in [-0.2, -0.15) is 5.10 Å². The van der Waals surface area contributed by atoms with Crippen LogP contribution in [0.25, 0.3) is 0 Å². The smallest absolute Gasteiger partial charge is 0.0495 e. The molecule has 1 aliphatic carbocycles. The van der Waals surface area contributed by atoms with E-state index in [1.54, 1.807) is 0 Å². The van der Waals surface area contributed by atoms with Gasteiger partial charge in [0.1, 0.15) is 0 Å². The van der Waals surface area contributed by atoms with Crippen molar-refractivity contribution in [1.82, 2.24) is 9.91 Å². The largest absolute Gasteiger partial charge is 0.303 e. The topological polar surface area (TPSA) is 18.8 Å². The third-order valence-electron chi connectivity index (χ3n) is 5.99. The molecular formula is C21H29N3. The van der Waals surface area contributed by atoms with Crippen LogP contribution in [0.3, 0.4) is 0 Å². The number of hydrogen-bond donors (Lipinski definition) is 0. The highest BCUT2D eigenvalue weighted by molar-refractivity contribution is 5.62. The van der Waals surface area contributed by atoms with Crippen LogP contribution in [0.2, 0.25) is 0 Å². The molecule has 2 atom stereocenters. The average molecular weight is 323 g/mol. The molecule has 3 heteroatoms. The molecule has 1 aromatic carbocycles. The fourth-order valence-corrected chi connectivity index (χ4v) is 4.36. The monoisotopic (exact) mass is 323 g/mol. The van der Waals surface area contributed by atoms with Crippen molar-refractivity contribution in [1.29, 1.82) is 0 Å². The molecule has 3 aliphatic rings. The molecule has 0 radical (unpaired) electrons. The average Bonchev–Trinajstić information content (AvgIpc) is 2.67. The van der Waals surface area contributed by atoms with Crippen LogP contribution in [-0.4, -0.2) is 48.3 Å². The molecule has 128 valence electrons. The van der Waals surface area contributed by atoms with E-state index in [1.807, 2.05) is 0 Å². The standard InChI is InChI=1S/C21H29N3/c1-2-6-18(7-3-1)10-13-23-14-11-21(12-15-23)24-17-20-9-5-4-8-19(20)16-22-24/h1-7,16,19-21H,8-15,17H2. The summed E-state index contributed by atoms with van der Waals surface area (Å²) in [7, 11) is 0. The lowest BCUT2D eigenvalue weighted by molar-refractivity contribution is 0.0834. The predicted octanol–water partition coefficient (Wildman–Crippen LogP) is 3.58. The highest BCUT2D eigenvalue weighted by atomic mass is 15.5. The zero-order chi connectivity index (χ0) is 16.2. The number of benzene rings is 1. The van der Waals surface area contributed by atoms with E-state index in [0.29, 0.717) is 12.0 Å². The summed E-state index contributed by atoms with van der Waals surface area (Å²) in [4.78, 5) is 2.63. The summed E-state index contributed by atoms with van der Waals surface area (Å²) < 4.78 is 0. The summed E-state index contributed by atoms with van der Waals surface area (Å²) in [6.45, 7) is 4.80. The summed E-state index contributed by atoms with van der Waals surface area (Å²) in [6.07, 6.45) is 13.1. The van der Waals surface area contributed by atoms with Crippen molar-refractivity contribution >= 4 is 6.21 Å². The number of hydrogen-bond acceptors (Lipinski definition) is 3. The fourth-order valence-electron chi connectivity index (χ4n) is 4.36. The van der Waals surface area contributed by atoms with Gasteiger partial charge in [0.25, 0.3) is 0 Å². The molecule has 2 heterocycles. The number of rotatable bonds is 4. The molecule has 0 saturated carbocycles. The van der Waals surface area contributed by atoms with E-state index < -0.39 is 0 Å². The maximum atomic E-state index is 4.81. The summed E-state index contributed by atoms with van der Waals surface area (Å²) >= 11 is 0. The van der Waals surface area contributed by atoms with Gasteiger partial charge < -0.3 is 4.90 Å². The second-order valence-corrected chi connectivity index (χ2v) is 7.56. The van der Waals surface area contributed by atoms with E-state index in [9.17, 15) is 0 Å². The summed E-state index contributed by atoms with van der Waals surface area (Å²) in [5, 5.41) is 7.22. The number of allylic oxidation sites excluding steroid dienone is 2. The maximum Gasteiger partial charge on any atom is 0.0495 e. The third-order valence-corrected chi connectivity index (χ3v) is 5.99. The molecular weight excluding hydrogens is 294 g/mol. The van der Waals surface area contributed by atoms with E-state index in [0.717, 1.165) is 5.92 Å². The Hall–Kier alpha value is -1.61. The lowest BCUT2D eigenvalue weighted by Crippen LogP contribution is -2.47. The minimum absolute atomic E-state index is 0.654. The van der Waals surface area contributed by atoms with Crippen LogP contribution in [0.15, 0.2) is 47.6 Å². The van der Waals surface area contributed by atoms with E-state index >= 15 is 0 Å². The van der Waals surface area contributed by atoms with E-state index in [4.69, 9.17) is 5.10 Å². The van der Waals surface area contributed by atoms with Crippen LogP contribution in [0.5, 0.6) is 0 Å². The maximum absolute atomic E-state index is 4.81. The Bertz CT molecular complexity index is 572. The Morgan fingerprint density at radius 3 is 2.62 bits per heavy atom. The molecule has 1 fully saturated rings. The predicted molar refractivity (Wildman–Crippen MR) is 100 cm³/mol. The van der Waals surface area contributed by atoms with E-state index in [-0.39, 0.29) is 0 Å². The molecule has 0 amide bonds. The number of piperidine rings is 1. The van der Waals surface area contributed by atoms with Gasteiger partial charge in [0.05, 0.1) is 0 Å². The summed E-state index contributed by atoms with van der Waals surface area (Å²) in [5.41, 5.74) is 1.46. The molecule has 0 aromatic heterocycles. The van der Waals surface area contributed by atoms with Crippen molar-refractivity contribution in [3.63, 3.8) is 0 Å². The van der Waals surface area contributed by atoms with Crippen LogP contribution in [0.4, 0.5) is 0 Å². The molecule has 0 N–H and O–H groups in total. The van der Waals surface area contributed by atoms with Crippen LogP contribution in [0, 0.1) is 11.8 Å². The van der Waals surface area contributed by atoms with E-state index in [2.05, 4.69) is 58.6 Å². The first-order valence-electron chi connectivity index (χ1n) is 9.60. The highest BCUT2D eigenvalue weighted by Gasteiger charge is 2.31. The van der Waals surface area contributed by atoms with Crippen molar-refractivity contribution < 1.29 is 0 Å². The fraction of sp³-hybridized carbons (Fsp3) is 0.571. The van der Waals surface area contributed by atoms with Gasteiger partial charge >= 0.3 is 0 Å². The molecule has 3 nitrogen and oxygen atoms in total. The number of nitrogens with zero attached hydrogens (tertiary/aromatic N) is 3. The van der Waals surface area contributed by atoms with Gasteiger partial charge in [-0.25, -0.2) is 0 Å². The van der Waals surface area contributed by atoms with Crippen molar-refractivity contribution in [2.75, 3.05) is 26.2 Å². The Kier molecular flexibility index (Phi) is 4.98. The SMILES string of the molecule is C1=CCC2CN(C3CCN(CCc4ccccc4)CC3)N=CC2C1. The van der Waals surface area contributed by atoms with Crippen molar-refractivity contribution in [2.45, 2.75) is 38.1 Å². The molecule has 0 spiro atoms. The number of fused-ring (bicyclic) bond motifs is 1. The number of hydrazone groups is 1. The molecule has 24 heavy (non-hydrogen) atoms. The van der Waals surface area contributed by atoms with Gasteiger partial charge in [-0.1, -0.05) is 42.5 Å². The first kappa shape index (κ1) is 15.9. The molecule has 2 aliphatic heterocycles. The minimum atomic E-state index is 0.654. The van der Waals surface area contributed by atoms with Gasteiger partial charge in [0.2, 0.25) is 0 Å². The zero-order valence-electron chi connectivity index (χ0n) is 14.6. The first-order chi connectivity index (χ1) is 11.9. The molecule has 1 saturated heterocycles. The molecule has 0 bridgehead atoms. The zero-order valence-corrected chi connectivity index (χ0v) is 14.6. The molecule has 1 aromatic rings. The first-order valence-corrected chi connectivity index (χ1v) is 9.60. The molecule has 4 rings (SSSR count). The normalized spacial score (nSPS) is 28.1. The molecule has 2 unspecified atom stereocenters. The van der Waals surface area contributed by atoms with Crippen LogP contribution >= 0.6 is 0 Å². The Morgan fingerprint density at radius 2 is 1.79 bits per heavy atom. The lowest BCUT2D eigenvalue weighted by atomic mass is 9.82. The van der Waals surface area contributed by atoms with Crippen molar-refractivity contribution in [2.24, 2.45) is 16.9 Å². The lowest BCUT2D eigenvalue weighted by Gasteiger charge is -2.42. The van der Waals surface area contributed by atoms with Gasteiger partial charge in [-0.15, -0.1) is 0 Å². The Balaban J connectivity index is 1.24. The van der Waals surface area contributed by atoms with Gasteiger partial charge in [0, 0.05) is 44.4 Å². The Morgan fingerprint density at radius 1 is 1.00 bits per heavy atom. The third kappa shape index (κ3) is 3.72. The van der Waals surface area contributed by atoms with Crippen LogP contribution < -0.4 is 0 Å². The summed E-state index contributed by atoms with van der Waals surface area (Å²) in [5.74, 6) is 1.49. The quantitative estimate of drug-likeness (QED) is 0.789. The van der Waals surface area contributed by atoms with Crippen molar-refractivity contribution in [3.8, 4) is 0 Å².